The molecule has 0 aromatic rings. The molecule has 1 atom stereocenters. The van der Waals surface area contributed by atoms with Crippen LogP contribution in [0.25, 0.3) is 0 Å². The third-order valence-corrected chi connectivity index (χ3v) is 2.45. The first-order valence-electron chi connectivity index (χ1n) is 4.49. The molecule has 0 spiro atoms. The Morgan fingerprint density at radius 1 is 1.50 bits per heavy atom. The zero-order valence-electron chi connectivity index (χ0n) is 8.27. The summed E-state index contributed by atoms with van der Waals surface area (Å²) in [6.07, 6.45) is 0. The molecule has 1 aliphatic rings. The number of hydrogen-bond acceptors (Lipinski definition) is 2. The number of piperazine rings is 1. The van der Waals surface area contributed by atoms with E-state index in [4.69, 9.17) is 0 Å². The van der Waals surface area contributed by atoms with Gasteiger partial charge in [0.05, 0.1) is 5.54 Å². The minimum Gasteiger partial charge on any atom is -0.350 e. The molecule has 1 heterocycles. The first-order valence-corrected chi connectivity index (χ1v) is 4.49. The molecular weight excluding hydrogens is 152 g/mol. The van der Waals surface area contributed by atoms with Gasteiger partial charge < -0.3 is 10.6 Å². The summed E-state index contributed by atoms with van der Waals surface area (Å²) in [5.74, 6) is 0.602. The van der Waals surface area contributed by atoms with Crippen LogP contribution in [0.4, 0.5) is 0 Å². The molecule has 3 heteroatoms. The number of amides is 1. The summed E-state index contributed by atoms with van der Waals surface area (Å²) in [7, 11) is 0. The highest BCUT2D eigenvalue weighted by molar-refractivity contribution is 5.86. The van der Waals surface area contributed by atoms with Crippen LogP contribution in [0.3, 0.4) is 0 Å². The van der Waals surface area contributed by atoms with Crippen molar-refractivity contribution in [1.29, 1.82) is 0 Å². The second-order valence-corrected chi connectivity index (χ2v) is 4.33. The Morgan fingerprint density at radius 2 is 2.08 bits per heavy atom. The molecule has 1 rings (SSSR count). The van der Waals surface area contributed by atoms with E-state index >= 15 is 0 Å². The normalized spacial score (nSPS) is 28.8. The number of carbonyl (C=O) groups is 1. The Balaban J connectivity index is 2.58. The highest BCUT2D eigenvalue weighted by Crippen LogP contribution is 2.11. The van der Waals surface area contributed by atoms with Gasteiger partial charge in [-0.25, -0.2) is 0 Å². The maximum Gasteiger partial charge on any atom is 0.240 e. The van der Waals surface area contributed by atoms with E-state index < -0.39 is 5.54 Å². The molecule has 1 aliphatic heterocycles. The topological polar surface area (TPSA) is 41.1 Å². The lowest BCUT2D eigenvalue weighted by Gasteiger charge is -2.37. The van der Waals surface area contributed by atoms with Gasteiger partial charge in [-0.1, -0.05) is 13.8 Å². The van der Waals surface area contributed by atoms with Gasteiger partial charge in [-0.3, -0.25) is 4.79 Å². The van der Waals surface area contributed by atoms with Crippen LogP contribution >= 0.6 is 0 Å². The average Bonchev–Trinajstić information content (AvgIpc) is 1.94. The predicted molar refractivity (Wildman–Crippen MR) is 48.9 cm³/mol. The van der Waals surface area contributed by atoms with Gasteiger partial charge in [0.2, 0.25) is 5.91 Å². The fraction of sp³-hybridized carbons (Fsp3) is 0.889. The van der Waals surface area contributed by atoms with Gasteiger partial charge in [0.15, 0.2) is 0 Å². The van der Waals surface area contributed by atoms with Gasteiger partial charge in [0.1, 0.15) is 0 Å². The van der Waals surface area contributed by atoms with Gasteiger partial charge in [-0.05, 0) is 19.8 Å². The highest BCUT2D eigenvalue weighted by Gasteiger charge is 2.34. The van der Waals surface area contributed by atoms with Crippen molar-refractivity contribution >= 4 is 5.91 Å². The van der Waals surface area contributed by atoms with E-state index in [2.05, 4.69) is 24.5 Å². The minimum atomic E-state index is -0.397. The standard InChI is InChI=1S/C9H18N2O/c1-6(2)7-5-10-9(3,4)8(12)11-7/h6-7,10H,5H2,1-4H3,(H,11,12)/t7-/m0/s1. The van der Waals surface area contributed by atoms with Gasteiger partial charge >= 0.3 is 0 Å². The number of carbonyl (C=O) groups excluding carboxylic acids is 1. The van der Waals surface area contributed by atoms with Crippen molar-refractivity contribution in [3.63, 3.8) is 0 Å². The van der Waals surface area contributed by atoms with Crippen LogP contribution in [0.2, 0.25) is 0 Å². The third kappa shape index (κ3) is 1.78. The van der Waals surface area contributed by atoms with E-state index in [-0.39, 0.29) is 11.9 Å². The van der Waals surface area contributed by atoms with Crippen molar-refractivity contribution in [1.82, 2.24) is 10.6 Å². The van der Waals surface area contributed by atoms with Crippen molar-refractivity contribution in [2.75, 3.05) is 6.54 Å². The molecule has 2 N–H and O–H groups in total. The molecule has 0 saturated carbocycles. The number of nitrogens with one attached hydrogen (secondary N) is 2. The van der Waals surface area contributed by atoms with Crippen molar-refractivity contribution < 1.29 is 4.79 Å². The molecule has 1 amide bonds. The van der Waals surface area contributed by atoms with E-state index in [1.165, 1.54) is 0 Å². The molecule has 0 bridgehead atoms. The Morgan fingerprint density at radius 3 is 2.50 bits per heavy atom. The molecule has 0 aromatic carbocycles. The van der Waals surface area contributed by atoms with Crippen molar-refractivity contribution in [3.8, 4) is 0 Å². The SMILES string of the molecule is CC(C)[C@@H]1CNC(C)(C)C(=O)N1. The summed E-state index contributed by atoms with van der Waals surface area (Å²) in [5, 5.41) is 6.23. The number of hydrogen-bond donors (Lipinski definition) is 2. The zero-order chi connectivity index (χ0) is 9.35. The molecule has 3 nitrogen and oxygen atoms in total. The Bertz CT molecular complexity index is 187. The molecule has 70 valence electrons. The largest absolute Gasteiger partial charge is 0.350 e. The number of rotatable bonds is 1. The van der Waals surface area contributed by atoms with Crippen LogP contribution < -0.4 is 10.6 Å². The fourth-order valence-corrected chi connectivity index (χ4v) is 1.25. The molecule has 1 fully saturated rings. The second kappa shape index (κ2) is 3.05. The fourth-order valence-electron chi connectivity index (χ4n) is 1.25. The molecule has 1 saturated heterocycles. The molecule has 0 aliphatic carbocycles. The maximum absolute atomic E-state index is 11.5. The van der Waals surface area contributed by atoms with Crippen molar-refractivity contribution in [2.45, 2.75) is 39.3 Å². The first kappa shape index (κ1) is 9.52. The Kier molecular flexibility index (Phi) is 2.42. The van der Waals surface area contributed by atoms with E-state index in [0.29, 0.717) is 5.92 Å². The summed E-state index contributed by atoms with van der Waals surface area (Å²) >= 11 is 0. The van der Waals surface area contributed by atoms with Crippen molar-refractivity contribution in [3.05, 3.63) is 0 Å². The van der Waals surface area contributed by atoms with Gasteiger partial charge in [0, 0.05) is 12.6 Å². The second-order valence-electron chi connectivity index (χ2n) is 4.33. The van der Waals surface area contributed by atoms with E-state index in [1.54, 1.807) is 0 Å². The predicted octanol–water partition coefficient (Wildman–Crippen LogP) is 0.509. The quantitative estimate of drug-likeness (QED) is 0.602. The minimum absolute atomic E-state index is 0.104. The smallest absolute Gasteiger partial charge is 0.240 e. The van der Waals surface area contributed by atoms with Crippen LogP contribution in [-0.2, 0) is 4.79 Å². The lowest BCUT2D eigenvalue weighted by Crippen LogP contribution is -2.65. The molecular formula is C9H18N2O. The summed E-state index contributed by atoms with van der Waals surface area (Å²) in [4.78, 5) is 11.5. The monoisotopic (exact) mass is 170 g/mol. The van der Waals surface area contributed by atoms with Crippen molar-refractivity contribution in [2.24, 2.45) is 5.92 Å². The third-order valence-electron chi connectivity index (χ3n) is 2.45. The average molecular weight is 170 g/mol. The van der Waals surface area contributed by atoms with Gasteiger partial charge in [0.25, 0.3) is 0 Å². The molecule has 0 radical (unpaired) electrons. The molecule has 12 heavy (non-hydrogen) atoms. The lowest BCUT2D eigenvalue weighted by molar-refractivity contribution is -0.129. The Hall–Kier alpha value is -0.570. The van der Waals surface area contributed by atoms with Crippen LogP contribution in [-0.4, -0.2) is 24.0 Å². The van der Waals surface area contributed by atoms with Crippen LogP contribution in [0.1, 0.15) is 27.7 Å². The van der Waals surface area contributed by atoms with Crippen LogP contribution in [0.15, 0.2) is 0 Å². The lowest BCUT2D eigenvalue weighted by atomic mass is 9.95. The van der Waals surface area contributed by atoms with Crippen LogP contribution in [0, 0.1) is 5.92 Å². The summed E-state index contributed by atoms with van der Waals surface area (Å²) in [5.41, 5.74) is -0.397. The van der Waals surface area contributed by atoms with Gasteiger partial charge in [-0.2, -0.15) is 0 Å². The molecule has 0 unspecified atom stereocenters. The first-order chi connectivity index (χ1) is 5.43. The van der Waals surface area contributed by atoms with E-state index in [9.17, 15) is 4.79 Å². The van der Waals surface area contributed by atoms with Crippen LogP contribution in [0.5, 0.6) is 0 Å². The summed E-state index contributed by atoms with van der Waals surface area (Å²) in [6, 6.07) is 0.283. The Labute approximate surface area is 73.9 Å². The van der Waals surface area contributed by atoms with Gasteiger partial charge in [-0.15, -0.1) is 0 Å². The van der Waals surface area contributed by atoms with E-state index in [0.717, 1.165) is 6.54 Å². The zero-order valence-corrected chi connectivity index (χ0v) is 8.27. The highest BCUT2D eigenvalue weighted by atomic mass is 16.2. The van der Waals surface area contributed by atoms with E-state index in [1.807, 2.05) is 13.8 Å². The summed E-state index contributed by atoms with van der Waals surface area (Å²) < 4.78 is 0. The maximum atomic E-state index is 11.5. The molecule has 0 aromatic heterocycles. The summed E-state index contributed by atoms with van der Waals surface area (Å²) in [6.45, 7) is 8.91.